The fraction of sp³-hybridized carbons (Fsp3) is 0.231. The van der Waals surface area contributed by atoms with Crippen molar-refractivity contribution in [2.75, 3.05) is 5.32 Å². The second-order valence-corrected chi connectivity index (χ2v) is 4.99. The van der Waals surface area contributed by atoms with Crippen LogP contribution in [0.1, 0.15) is 24.1 Å². The molecule has 1 aromatic carbocycles. The number of rotatable bonds is 3. The van der Waals surface area contributed by atoms with Crippen LogP contribution in [0, 0.1) is 6.92 Å². The zero-order valence-electron chi connectivity index (χ0n) is 10.1. The van der Waals surface area contributed by atoms with Crippen LogP contribution in [0.5, 0.6) is 0 Å². The third-order valence-electron chi connectivity index (χ3n) is 2.58. The maximum atomic E-state index is 6.16. The van der Waals surface area contributed by atoms with Crippen molar-refractivity contribution in [3.63, 3.8) is 0 Å². The van der Waals surface area contributed by atoms with Crippen LogP contribution in [0.2, 0.25) is 10.0 Å². The number of halogens is 2. The summed E-state index contributed by atoms with van der Waals surface area (Å²) in [6, 6.07) is 7.44. The molecular weight excluding hydrogens is 269 g/mol. The van der Waals surface area contributed by atoms with E-state index in [-0.39, 0.29) is 6.04 Å². The van der Waals surface area contributed by atoms with E-state index in [1.165, 1.54) is 0 Å². The van der Waals surface area contributed by atoms with E-state index in [4.69, 9.17) is 23.2 Å². The van der Waals surface area contributed by atoms with Crippen molar-refractivity contribution >= 4 is 29.0 Å². The Hall–Kier alpha value is -1.32. The van der Waals surface area contributed by atoms with Crippen LogP contribution < -0.4 is 5.32 Å². The van der Waals surface area contributed by atoms with Crippen molar-refractivity contribution < 1.29 is 0 Å². The maximum Gasteiger partial charge on any atom is 0.149 e. The Morgan fingerprint density at radius 3 is 2.67 bits per heavy atom. The lowest BCUT2D eigenvalue weighted by molar-refractivity contribution is 0.859. The number of nitrogens with one attached hydrogen (secondary N) is 1. The first-order chi connectivity index (χ1) is 8.56. The van der Waals surface area contributed by atoms with Gasteiger partial charge in [0.15, 0.2) is 0 Å². The molecule has 2 aromatic rings. The largest absolute Gasteiger partial charge is 0.362 e. The zero-order chi connectivity index (χ0) is 13.1. The van der Waals surface area contributed by atoms with Gasteiger partial charge < -0.3 is 5.32 Å². The Labute approximate surface area is 116 Å². The van der Waals surface area contributed by atoms with Crippen LogP contribution >= 0.6 is 23.2 Å². The molecule has 1 heterocycles. The van der Waals surface area contributed by atoms with E-state index in [0.29, 0.717) is 10.0 Å². The molecule has 0 aliphatic rings. The van der Waals surface area contributed by atoms with E-state index in [9.17, 15) is 0 Å². The summed E-state index contributed by atoms with van der Waals surface area (Å²) in [5, 5.41) is 12.5. The average molecular weight is 282 g/mol. The molecule has 1 atom stereocenters. The van der Waals surface area contributed by atoms with Gasteiger partial charge in [-0.25, -0.2) is 0 Å². The predicted molar refractivity (Wildman–Crippen MR) is 75.3 cm³/mol. The summed E-state index contributed by atoms with van der Waals surface area (Å²) in [5.74, 6) is 0.730. The average Bonchev–Trinajstić information content (AvgIpc) is 2.28. The summed E-state index contributed by atoms with van der Waals surface area (Å²) in [7, 11) is 0. The first-order valence-corrected chi connectivity index (χ1v) is 6.32. The first-order valence-electron chi connectivity index (χ1n) is 5.57. The van der Waals surface area contributed by atoms with Crippen LogP contribution in [0.25, 0.3) is 0 Å². The number of aryl methyl sites for hydroxylation is 1. The third-order valence-corrected chi connectivity index (χ3v) is 3.15. The molecule has 18 heavy (non-hydrogen) atoms. The number of hydrogen-bond acceptors (Lipinski definition) is 3. The van der Waals surface area contributed by atoms with Crippen molar-refractivity contribution in [2.24, 2.45) is 0 Å². The lowest BCUT2D eigenvalue weighted by atomic mass is 10.1. The van der Waals surface area contributed by atoms with Crippen molar-refractivity contribution in [1.29, 1.82) is 0 Å². The molecule has 0 aliphatic heterocycles. The molecule has 2 rings (SSSR count). The molecule has 0 saturated heterocycles. The SMILES string of the molecule is Cc1cnnc(NC(C)c2ccc(Cl)cc2Cl)c1. The van der Waals surface area contributed by atoms with Gasteiger partial charge in [0, 0.05) is 10.0 Å². The minimum absolute atomic E-state index is 0.0332. The standard InChI is InChI=1S/C13H13Cl2N3/c1-8-5-13(18-16-7-8)17-9(2)11-4-3-10(14)6-12(11)15/h3-7,9H,1-2H3,(H,17,18). The van der Waals surface area contributed by atoms with Gasteiger partial charge >= 0.3 is 0 Å². The molecule has 1 unspecified atom stereocenters. The maximum absolute atomic E-state index is 6.16. The molecule has 0 radical (unpaired) electrons. The number of hydrogen-bond donors (Lipinski definition) is 1. The highest BCUT2D eigenvalue weighted by Crippen LogP contribution is 2.27. The fourth-order valence-electron chi connectivity index (χ4n) is 1.69. The monoisotopic (exact) mass is 281 g/mol. The molecular formula is C13H13Cl2N3. The quantitative estimate of drug-likeness (QED) is 0.913. The topological polar surface area (TPSA) is 37.8 Å². The summed E-state index contributed by atoms with van der Waals surface area (Å²) in [6.45, 7) is 3.99. The Morgan fingerprint density at radius 1 is 1.22 bits per heavy atom. The third kappa shape index (κ3) is 3.12. The van der Waals surface area contributed by atoms with Crippen molar-refractivity contribution in [3.8, 4) is 0 Å². The van der Waals surface area contributed by atoms with Crippen molar-refractivity contribution in [3.05, 3.63) is 51.6 Å². The minimum atomic E-state index is 0.0332. The van der Waals surface area contributed by atoms with Crippen LogP contribution in [0.4, 0.5) is 5.82 Å². The smallest absolute Gasteiger partial charge is 0.149 e. The highest BCUT2D eigenvalue weighted by atomic mass is 35.5. The van der Waals surface area contributed by atoms with Crippen LogP contribution in [0.15, 0.2) is 30.5 Å². The lowest BCUT2D eigenvalue weighted by Crippen LogP contribution is -2.09. The van der Waals surface area contributed by atoms with E-state index in [2.05, 4.69) is 15.5 Å². The van der Waals surface area contributed by atoms with Crippen molar-refractivity contribution in [2.45, 2.75) is 19.9 Å². The molecule has 94 valence electrons. The highest BCUT2D eigenvalue weighted by Gasteiger charge is 2.10. The molecule has 3 nitrogen and oxygen atoms in total. The van der Waals surface area contributed by atoms with Crippen molar-refractivity contribution in [1.82, 2.24) is 10.2 Å². The Kier molecular flexibility index (Phi) is 4.04. The van der Waals surface area contributed by atoms with E-state index in [0.717, 1.165) is 16.9 Å². The highest BCUT2D eigenvalue weighted by molar-refractivity contribution is 6.35. The molecule has 1 aromatic heterocycles. The summed E-state index contributed by atoms with van der Waals surface area (Å²) >= 11 is 12.0. The van der Waals surface area contributed by atoms with E-state index in [1.54, 1.807) is 12.3 Å². The first kappa shape index (κ1) is 13.1. The molecule has 1 N–H and O–H groups in total. The van der Waals surface area contributed by atoms with E-state index in [1.807, 2.05) is 32.0 Å². The molecule has 0 bridgehead atoms. The molecule has 0 fully saturated rings. The summed E-state index contributed by atoms with van der Waals surface area (Å²) in [5.41, 5.74) is 2.03. The summed E-state index contributed by atoms with van der Waals surface area (Å²) < 4.78 is 0. The number of anilines is 1. The normalized spacial score (nSPS) is 12.2. The Bertz CT molecular complexity index is 558. The van der Waals surface area contributed by atoms with Crippen LogP contribution in [-0.2, 0) is 0 Å². The molecule has 0 saturated carbocycles. The van der Waals surface area contributed by atoms with Gasteiger partial charge in [0.05, 0.1) is 12.2 Å². The Balaban J connectivity index is 2.19. The molecule has 0 amide bonds. The number of benzene rings is 1. The number of nitrogens with zero attached hydrogens (tertiary/aromatic N) is 2. The van der Waals surface area contributed by atoms with Gasteiger partial charge in [-0.05, 0) is 43.2 Å². The molecule has 5 heteroatoms. The van der Waals surface area contributed by atoms with Gasteiger partial charge in [-0.1, -0.05) is 29.3 Å². The fourth-order valence-corrected chi connectivity index (χ4v) is 2.26. The van der Waals surface area contributed by atoms with Gasteiger partial charge in [-0.2, -0.15) is 5.10 Å². The van der Waals surface area contributed by atoms with Crippen LogP contribution in [-0.4, -0.2) is 10.2 Å². The van der Waals surface area contributed by atoms with Gasteiger partial charge in [-0.15, -0.1) is 5.10 Å². The van der Waals surface area contributed by atoms with Gasteiger partial charge in [-0.3, -0.25) is 0 Å². The summed E-state index contributed by atoms with van der Waals surface area (Å²) in [4.78, 5) is 0. The second-order valence-electron chi connectivity index (χ2n) is 4.15. The van der Waals surface area contributed by atoms with E-state index < -0.39 is 0 Å². The lowest BCUT2D eigenvalue weighted by Gasteiger charge is -2.16. The zero-order valence-corrected chi connectivity index (χ0v) is 11.6. The van der Waals surface area contributed by atoms with E-state index >= 15 is 0 Å². The van der Waals surface area contributed by atoms with Crippen LogP contribution in [0.3, 0.4) is 0 Å². The molecule has 0 spiro atoms. The Morgan fingerprint density at radius 2 is 2.00 bits per heavy atom. The second kappa shape index (κ2) is 5.55. The van der Waals surface area contributed by atoms with Gasteiger partial charge in [0.2, 0.25) is 0 Å². The minimum Gasteiger partial charge on any atom is -0.362 e. The van der Waals surface area contributed by atoms with Gasteiger partial charge in [0.25, 0.3) is 0 Å². The molecule has 0 aliphatic carbocycles. The predicted octanol–water partition coefficient (Wildman–Crippen LogP) is 4.26. The number of aromatic nitrogens is 2. The summed E-state index contributed by atoms with van der Waals surface area (Å²) in [6.07, 6.45) is 1.71. The van der Waals surface area contributed by atoms with Gasteiger partial charge in [0.1, 0.15) is 5.82 Å².